The van der Waals surface area contributed by atoms with Crippen molar-refractivity contribution in [1.82, 2.24) is 14.9 Å². The highest BCUT2D eigenvalue weighted by atomic mass is 35.5. The van der Waals surface area contributed by atoms with Crippen LogP contribution in [0.1, 0.15) is 44.1 Å². The van der Waals surface area contributed by atoms with E-state index in [0.29, 0.717) is 27.4 Å². The van der Waals surface area contributed by atoms with Crippen molar-refractivity contribution in [2.24, 2.45) is 0 Å². The van der Waals surface area contributed by atoms with Gasteiger partial charge in [-0.3, -0.25) is 9.36 Å². The second-order valence-corrected chi connectivity index (χ2v) is 7.10. The van der Waals surface area contributed by atoms with Crippen LogP contribution in [-0.2, 0) is 6.42 Å². The van der Waals surface area contributed by atoms with Crippen molar-refractivity contribution >= 4 is 28.6 Å². The minimum Gasteiger partial charge on any atom is -0.465 e. The first-order valence-corrected chi connectivity index (χ1v) is 9.60. The Morgan fingerprint density at radius 2 is 2.04 bits per heavy atom. The fraction of sp³-hybridized carbons (Fsp3) is 0.286. The molecule has 0 saturated carbocycles. The Morgan fingerprint density at radius 3 is 2.75 bits per heavy atom. The van der Waals surface area contributed by atoms with Crippen LogP contribution >= 0.6 is 11.6 Å². The number of unbranched alkanes of at least 4 members (excludes halogenated alkanes) is 1. The molecule has 1 heterocycles. The van der Waals surface area contributed by atoms with E-state index < -0.39 is 12.1 Å². The van der Waals surface area contributed by atoms with E-state index in [0.717, 1.165) is 24.8 Å². The average Bonchev–Trinajstić information content (AvgIpc) is 2.65. The third-order valence-electron chi connectivity index (χ3n) is 4.59. The molecule has 3 aromatic rings. The number of benzene rings is 2. The minimum absolute atomic E-state index is 0.314. The number of aryl methyl sites for hydroxylation is 1. The van der Waals surface area contributed by atoms with Gasteiger partial charge in [0, 0.05) is 0 Å². The van der Waals surface area contributed by atoms with Crippen LogP contribution in [0.3, 0.4) is 0 Å². The number of nitrogens with zero attached hydrogens (tertiary/aromatic N) is 2. The molecular formula is C21H22ClN3O3. The number of rotatable bonds is 6. The molecule has 0 spiro atoms. The highest BCUT2D eigenvalue weighted by Crippen LogP contribution is 2.23. The molecule has 1 aromatic heterocycles. The molecule has 0 aliphatic heterocycles. The first kappa shape index (κ1) is 19.9. The van der Waals surface area contributed by atoms with Gasteiger partial charge in [-0.1, -0.05) is 43.1 Å². The quantitative estimate of drug-likeness (QED) is 0.628. The lowest BCUT2D eigenvalue weighted by Crippen LogP contribution is -2.32. The van der Waals surface area contributed by atoms with E-state index in [4.69, 9.17) is 16.7 Å². The number of hydrogen-bond acceptors (Lipinski definition) is 3. The Kier molecular flexibility index (Phi) is 5.99. The number of halogens is 1. The van der Waals surface area contributed by atoms with Gasteiger partial charge >= 0.3 is 6.09 Å². The minimum atomic E-state index is -1.18. The Labute approximate surface area is 167 Å². The van der Waals surface area contributed by atoms with E-state index in [1.54, 1.807) is 25.1 Å². The van der Waals surface area contributed by atoms with Gasteiger partial charge in [-0.2, -0.15) is 0 Å². The topological polar surface area (TPSA) is 84.2 Å². The molecule has 0 saturated heterocycles. The highest BCUT2D eigenvalue weighted by molar-refractivity contribution is 6.35. The van der Waals surface area contributed by atoms with E-state index in [1.165, 1.54) is 4.57 Å². The molecule has 146 valence electrons. The number of carbonyl (C=O) groups is 1. The van der Waals surface area contributed by atoms with Crippen molar-refractivity contribution in [1.29, 1.82) is 0 Å². The maximum atomic E-state index is 13.3. The Morgan fingerprint density at radius 1 is 1.29 bits per heavy atom. The summed E-state index contributed by atoms with van der Waals surface area (Å²) in [6.45, 7) is 3.78. The van der Waals surface area contributed by atoms with Gasteiger partial charge in [-0.25, -0.2) is 9.78 Å². The largest absolute Gasteiger partial charge is 0.465 e. The van der Waals surface area contributed by atoms with E-state index in [1.807, 2.05) is 24.3 Å². The van der Waals surface area contributed by atoms with Gasteiger partial charge in [-0.15, -0.1) is 0 Å². The molecule has 0 aliphatic rings. The lowest BCUT2D eigenvalue weighted by molar-refractivity contribution is 0.190. The predicted molar refractivity (Wildman–Crippen MR) is 111 cm³/mol. The second-order valence-electron chi connectivity index (χ2n) is 6.69. The summed E-state index contributed by atoms with van der Waals surface area (Å²) in [5.74, 6) is 0.315. The van der Waals surface area contributed by atoms with Gasteiger partial charge in [-0.05, 0) is 49.6 Å². The normalized spacial score (nSPS) is 12.1. The Hall–Kier alpha value is -2.86. The molecule has 3 rings (SSSR count). The standard InChI is InChI=1S/C21H22ClN3O3/c1-3-4-7-14-8-5-9-15(12-14)25-19(13(2)23-21(27)28)24-17-11-6-10-16(22)18(17)20(25)26/h5-6,8-13,23H,3-4,7H2,1-2H3,(H,27,28). The predicted octanol–water partition coefficient (Wildman–Crippen LogP) is 4.71. The van der Waals surface area contributed by atoms with Crippen LogP contribution < -0.4 is 10.9 Å². The number of hydrogen-bond donors (Lipinski definition) is 2. The number of amides is 1. The summed E-state index contributed by atoms with van der Waals surface area (Å²) >= 11 is 6.27. The molecule has 0 bridgehead atoms. The number of fused-ring (bicyclic) bond motifs is 1. The van der Waals surface area contributed by atoms with Crippen LogP contribution in [0, 0.1) is 0 Å². The Balaban J connectivity index is 2.27. The average molecular weight is 400 g/mol. The van der Waals surface area contributed by atoms with Gasteiger partial charge in [0.2, 0.25) is 0 Å². The molecule has 1 atom stereocenters. The summed E-state index contributed by atoms with van der Waals surface area (Å²) in [5, 5.41) is 12.1. The van der Waals surface area contributed by atoms with Crippen molar-refractivity contribution in [3.63, 3.8) is 0 Å². The monoisotopic (exact) mass is 399 g/mol. The zero-order valence-corrected chi connectivity index (χ0v) is 16.5. The number of carboxylic acid groups (broad SMARTS) is 1. The summed E-state index contributed by atoms with van der Waals surface area (Å²) in [4.78, 5) is 29.1. The number of aromatic nitrogens is 2. The number of nitrogens with one attached hydrogen (secondary N) is 1. The van der Waals surface area contributed by atoms with Crippen molar-refractivity contribution in [3.05, 3.63) is 69.2 Å². The molecule has 0 radical (unpaired) electrons. The smallest absolute Gasteiger partial charge is 0.405 e. The van der Waals surface area contributed by atoms with Gasteiger partial charge in [0.1, 0.15) is 5.82 Å². The molecule has 2 aromatic carbocycles. The summed E-state index contributed by atoms with van der Waals surface area (Å²) in [6, 6.07) is 12.0. The maximum absolute atomic E-state index is 13.3. The molecule has 7 heteroatoms. The van der Waals surface area contributed by atoms with Crippen molar-refractivity contribution in [2.45, 2.75) is 39.2 Å². The molecule has 6 nitrogen and oxygen atoms in total. The Bertz CT molecular complexity index is 1080. The fourth-order valence-electron chi connectivity index (χ4n) is 3.23. The molecular weight excluding hydrogens is 378 g/mol. The second kappa shape index (κ2) is 8.44. The van der Waals surface area contributed by atoms with Crippen LogP contribution in [0.15, 0.2) is 47.3 Å². The van der Waals surface area contributed by atoms with Gasteiger partial charge in [0.15, 0.2) is 0 Å². The van der Waals surface area contributed by atoms with Crippen LogP contribution in [-0.4, -0.2) is 20.8 Å². The first-order chi connectivity index (χ1) is 13.4. The van der Waals surface area contributed by atoms with Crippen molar-refractivity contribution in [3.8, 4) is 5.69 Å². The maximum Gasteiger partial charge on any atom is 0.405 e. The third kappa shape index (κ3) is 4.02. The molecule has 0 fully saturated rings. The zero-order valence-electron chi connectivity index (χ0n) is 15.8. The lowest BCUT2D eigenvalue weighted by Gasteiger charge is -2.19. The molecule has 1 unspecified atom stereocenters. The first-order valence-electron chi connectivity index (χ1n) is 9.22. The van der Waals surface area contributed by atoms with Crippen LogP contribution in [0.4, 0.5) is 4.79 Å². The van der Waals surface area contributed by atoms with Crippen LogP contribution in [0.25, 0.3) is 16.6 Å². The molecule has 28 heavy (non-hydrogen) atoms. The van der Waals surface area contributed by atoms with Crippen molar-refractivity contribution in [2.75, 3.05) is 0 Å². The third-order valence-corrected chi connectivity index (χ3v) is 4.90. The van der Waals surface area contributed by atoms with E-state index in [-0.39, 0.29) is 5.56 Å². The SMILES string of the molecule is CCCCc1cccc(-n2c(C(C)NC(=O)O)nc3cccc(Cl)c3c2=O)c1. The van der Waals surface area contributed by atoms with Crippen LogP contribution in [0.5, 0.6) is 0 Å². The summed E-state index contributed by atoms with van der Waals surface area (Å²) in [7, 11) is 0. The highest BCUT2D eigenvalue weighted by Gasteiger charge is 2.20. The zero-order chi connectivity index (χ0) is 20.3. The van der Waals surface area contributed by atoms with Gasteiger partial charge < -0.3 is 10.4 Å². The fourth-order valence-corrected chi connectivity index (χ4v) is 3.48. The van der Waals surface area contributed by atoms with E-state index in [2.05, 4.69) is 17.2 Å². The van der Waals surface area contributed by atoms with Crippen molar-refractivity contribution < 1.29 is 9.90 Å². The van der Waals surface area contributed by atoms with Gasteiger partial charge in [0.25, 0.3) is 5.56 Å². The summed E-state index contributed by atoms with van der Waals surface area (Å²) < 4.78 is 1.45. The summed E-state index contributed by atoms with van der Waals surface area (Å²) in [5.41, 5.74) is 1.86. The molecule has 1 amide bonds. The van der Waals surface area contributed by atoms with Crippen LogP contribution in [0.2, 0.25) is 5.02 Å². The van der Waals surface area contributed by atoms with Gasteiger partial charge in [0.05, 0.1) is 27.7 Å². The lowest BCUT2D eigenvalue weighted by atomic mass is 10.1. The van der Waals surface area contributed by atoms with E-state index in [9.17, 15) is 9.59 Å². The molecule has 0 aliphatic carbocycles. The van der Waals surface area contributed by atoms with E-state index >= 15 is 0 Å². The molecule has 2 N–H and O–H groups in total. The summed E-state index contributed by atoms with van der Waals surface area (Å²) in [6.07, 6.45) is 1.83.